The fourth-order valence-electron chi connectivity index (χ4n) is 0.727. The SMILES string of the molecule is CCCCCCl.O=c1cc[nH]c(=O)[nH]1. The van der Waals surface area contributed by atoms with Crippen molar-refractivity contribution in [3.63, 3.8) is 0 Å². The van der Waals surface area contributed by atoms with Gasteiger partial charge in [-0.3, -0.25) is 9.78 Å². The van der Waals surface area contributed by atoms with Crippen LogP contribution in [0.3, 0.4) is 0 Å². The van der Waals surface area contributed by atoms with Gasteiger partial charge in [-0.2, -0.15) is 0 Å². The summed E-state index contributed by atoms with van der Waals surface area (Å²) in [5.41, 5.74) is -0.855. The Balaban J connectivity index is 0.000000255. The van der Waals surface area contributed by atoms with E-state index in [1.165, 1.54) is 31.5 Å². The third kappa shape index (κ3) is 7.61. The number of aromatic amines is 2. The summed E-state index contributed by atoms with van der Waals surface area (Å²) < 4.78 is 0. The molecule has 5 heteroatoms. The van der Waals surface area contributed by atoms with Gasteiger partial charge in [-0.25, -0.2) is 4.79 Å². The molecule has 4 nitrogen and oxygen atoms in total. The number of unbranched alkanes of at least 4 members (excludes halogenated alkanes) is 2. The lowest BCUT2D eigenvalue weighted by atomic mass is 10.3. The minimum absolute atomic E-state index is 0.381. The van der Waals surface area contributed by atoms with Gasteiger partial charge in [-0.15, -0.1) is 11.6 Å². The van der Waals surface area contributed by atoms with Crippen LogP contribution in [-0.2, 0) is 0 Å². The Kier molecular flexibility index (Phi) is 7.93. The molecule has 0 amide bonds. The topological polar surface area (TPSA) is 65.7 Å². The maximum absolute atomic E-state index is 10.2. The lowest BCUT2D eigenvalue weighted by Crippen LogP contribution is -2.19. The Hall–Kier alpha value is -1.03. The van der Waals surface area contributed by atoms with E-state index in [-0.39, 0.29) is 5.56 Å². The number of nitrogens with one attached hydrogen (secondary N) is 2. The van der Waals surface area contributed by atoms with Crippen LogP contribution in [0, 0.1) is 0 Å². The first kappa shape index (κ1) is 13.0. The average molecular weight is 219 g/mol. The smallest absolute Gasteiger partial charge is 0.314 e. The van der Waals surface area contributed by atoms with E-state index in [4.69, 9.17) is 11.6 Å². The van der Waals surface area contributed by atoms with Crippen molar-refractivity contribution in [2.24, 2.45) is 0 Å². The molecule has 1 heterocycles. The minimum atomic E-state index is -0.475. The molecule has 0 spiro atoms. The molecule has 0 aliphatic rings. The van der Waals surface area contributed by atoms with E-state index < -0.39 is 5.69 Å². The summed E-state index contributed by atoms with van der Waals surface area (Å²) in [6, 6.07) is 1.24. The summed E-state index contributed by atoms with van der Waals surface area (Å²) in [6.07, 6.45) is 5.02. The Morgan fingerprint density at radius 1 is 1.36 bits per heavy atom. The zero-order valence-corrected chi connectivity index (χ0v) is 8.93. The fraction of sp³-hybridized carbons (Fsp3) is 0.556. The highest BCUT2D eigenvalue weighted by atomic mass is 35.5. The van der Waals surface area contributed by atoms with Gasteiger partial charge >= 0.3 is 5.69 Å². The summed E-state index contributed by atoms with van der Waals surface area (Å²) >= 11 is 5.38. The van der Waals surface area contributed by atoms with E-state index in [2.05, 4.69) is 11.9 Å². The van der Waals surface area contributed by atoms with E-state index in [1.54, 1.807) is 0 Å². The number of alkyl halides is 1. The van der Waals surface area contributed by atoms with E-state index in [0.29, 0.717) is 0 Å². The Labute approximate surface area is 87.3 Å². The molecule has 0 fully saturated rings. The highest BCUT2D eigenvalue weighted by molar-refractivity contribution is 6.17. The molecule has 2 N–H and O–H groups in total. The summed E-state index contributed by atoms with van der Waals surface area (Å²) in [4.78, 5) is 24.7. The van der Waals surface area contributed by atoms with Crippen molar-refractivity contribution in [2.45, 2.75) is 26.2 Å². The monoisotopic (exact) mass is 218 g/mol. The summed E-state index contributed by atoms with van der Waals surface area (Å²) in [7, 11) is 0. The number of aromatic nitrogens is 2. The molecule has 14 heavy (non-hydrogen) atoms. The molecular weight excluding hydrogens is 204 g/mol. The molecule has 1 aromatic heterocycles. The average Bonchev–Trinajstić information content (AvgIpc) is 2.15. The van der Waals surface area contributed by atoms with Crippen LogP contribution < -0.4 is 11.2 Å². The molecule has 0 aliphatic carbocycles. The predicted molar refractivity (Wildman–Crippen MR) is 57.9 cm³/mol. The second kappa shape index (κ2) is 8.56. The zero-order chi connectivity index (χ0) is 10.8. The van der Waals surface area contributed by atoms with Gasteiger partial charge in [0.25, 0.3) is 5.56 Å². The van der Waals surface area contributed by atoms with Crippen LogP contribution in [-0.4, -0.2) is 15.8 Å². The first-order valence-electron chi connectivity index (χ1n) is 4.54. The van der Waals surface area contributed by atoms with Crippen molar-refractivity contribution in [3.05, 3.63) is 33.1 Å². The van der Waals surface area contributed by atoms with Crippen molar-refractivity contribution < 1.29 is 0 Å². The molecule has 0 saturated heterocycles. The molecule has 0 aliphatic heterocycles. The van der Waals surface area contributed by atoms with Gasteiger partial charge in [0, 0.05) is 18.1 Å². The van der Waals surface area contributed by atoms with Gasteiger partial charge in [-0.05, 0) is 6.42 Å². The zero-order valence-electron chi connectivity index (χ0n) is 8.18. The van der Waals surface area contributed by atoms with Crippen molar-refractivity contribution in [1.29, 1.82) is 0 Å². The van der Waals surface area contributed by atoms with Crippen LogP contribution >= 0.6 is 11.6 Å². The molecule has 0 radical (unpaired) electrons. The highest BCUT2D eigenvalue weighted by Crippen LogP contribution is 1.93. The maximum atomic E-state index is 10.2. The quantitative estimate of drug-likeness (QED) is 0.596. The second-order valence-electron chi connectivity index (χ2n) is 2.69. The Morgan fingerprint density at radius 2 is 2.07 bits per heavy atom. The Morgan fingerprint density at radius 3 is 2.36 bits per heavy atom. The largest absolute Gasteiger partial charge is 0.325 e. The number of H-pyrrole nitrogens is 2. The molecule has 0 bridgehead atoms. The van der Waals surface area contributed by atoms with Gasteiger partial charge in [0.05, 0.1) is 0 Å². The van der Waals surface area contributed by atoms with E-state index in [9.17, 15) is 9.59 Å². The second-order valence-corrected chi connectivity index (χ2v) is 3.07. The molecular formula is C9H15ClN2O2. The van der Waals surface area contributed by atoms with Crippen LogP contribution in [0.25, 0.3) is 0 Å². The van der Waals surface area contributed by atoms with Crippen molar-refractivity contribution in [3.8, 4) is 0 Å². The molecule has 0 aromatic carbocycles. The summed E-state index contributed by atoms with van der Waals surface area (Å²) in [5.74, 6) is 0.827. The normalized spacial score (nSPS) is 9.00. The Bertz CT molecular complexity index is 303. The van der Waals surface area contributed by atoms with Gasteiger partial charge in [0.2, 0.25) is 0 Å². The van der Waals surface area contributed by atoms with Crippen LogP contribution in [0.15, 0.2) is 21.9 Å². The number of hydrogen-bond donors (Lipinski definition) is 2. The van der Waals surface area contributed by atoms with E-state index >= 15 is 0 Å². The van der Waals surface area contributed by atoms with Gasteiger partial charge in [0.15, 0.2) is 0 Å². The van der Waals surface area contributed by atoms with Crippen molar-refractivity contribution in [2.75, 3.05) is 5.88 Å². The van der Waals surface area contributed by atoms with Crippen LogP contribution in [0.1, 0.15) is 26.2 Å². The number of halogens is 1. The molecule has 0 atom stereocenters. The van der Waals surface area contributed by atoms with Gasteiger partial charge in [0.1, 0.15) is 0 Å². The van der Waals surface area contributed by atoms with E-state index in [1.807, 2.05) is 4.98 Å². The molecule has 80 valence electrons. The van der Waals surface area contributed by atoms with Gasteiger partial charge < -0.3 is 4.98 Å². The van der Waals surface area contributed by atoms with Crippen molar-refractivity contribution in [1.82, 2.24) is 9.97 Å². The predicted octanol–water partition coefficient (Wildman–Crippen LogP) is 1.48. The van der Waals surface area contributed by atoms with Gasteiger partial charge in [-0.1, -0.05) is 19.8 Å². The standard InChI is InChI=1S/C5H11Cl.C4H4N2O2/c1-2-3-4-5-6;7-3-1-2-5-4(8)6-3/h2-5H2,1H3;1-2H,(H2,5,6,7,8). The lowest BCUT2D eigenvalue weighted by molar-refractivity contribution is 0.776. The fourth-order valence-corrected chi connectivity index (χ4v) is 0.916. The van der Waals surface area contributed by atoms with Crippen LogP contribution in [0.5, 0.6) is 0 Å². The first-order valence-corrected chi connectivity index (χ1v) is 5.08. The minimum Gasteiger partial charge on any atom is -0.314 e. The van der Waals surface area contributed by atoms with Crippen molar-refractivity contribution >= 4 is 11.6 Å². The van der Waals surface area contributed by atoms with Crippen LogP contribution in [0.4, 0.5) is 0 Å². The maximum Gasteiger partial charge on any atom is 0.325 e. The third-order valence-corrected chi connectivity index (χ3v) is 1.69. The lowest BCUT2D eigenvalue weighted by Gasteiger charge is -1.84. The summed E-state index contributed by atoms with van der Waals surface area (Å²) in [6.45, 7) is 2.17. The highest BCUT2D eigenvalue weighted by Gasteiger charge is 1.78. The molecule has 1 rings (SSSR count). The molecule has 0 saturated carbocycles. The van der Waals surface area contributed by atoms with Crippen LogP contribution in [0.2, 0.25) is 0 Å². The number of rotatable bonds is 3. The molecule has 0 unspecified atom stereocenters. The summed E-state index contributed by atoms with van der Waals surface area (Å²) in [5, 5.41) is 0. The van der Waals surface area contributed by atoms with E-state index in [0.717, 1.165) is 5.88 Å². The number of hydrogen-bond acceptors (Lipinski definition) is 2. The molecule has 1 aromatic rings. The third-order valence-electron chi connectivity index (χ3n) is 1.42. The first-order chi connectivity index (χ1) is 6.70.